The first-order chi connectivity index (χ1) is 11.2. The van der Waals surface area contributed by atoms with Crippen LogP contribution in [-0.4, -0.2) is 25.5 Å². The van der Waals surface area contributed by atoms with Gasteiger partial charge < -0.3 is 15.0 Å². The minimum Gasteiger partial charge on any atom is -0.495 e. The van der Waals surface area contributed by atoms with E-state index in [1.165, 1.54) is 0 Å². The summed E-state index contributed by atoms with van der Waals surface area (Å²) in [5.41, 5.74) is 1.99. The Morgan fingerprint density at radius 3 is 2.52 bits per heavy atom. The maximum atomic E-state index is 12.3. The highest BCUT2D eigenvalue weighted by molar-refractivity contribution is 6.05. The van der Waals surface area contributed by atoms with Crippen LogP contribution in [0.25, 0.3) is 0 Å². The second-order valence-electron chi connectivity index (χ2n) is 5.35. The first-order valence-electron chi connectivity index (χ1n) is 7.54. The molecule has 0 unspecified atom stereocenters. The number of carbonyl (C=O) groups excluding carboxylic acids is 2. The zero-order valence-corrected chi connectivity index (χ0v) is 12.9. The molecule has 0 aliphatic carbocycles. The smallest absolute Gasteiger partial charge is 0.255 e. The molecule has 1 aliphatic rings. The molecule has 2 amide bonds. The molecule has 118 valence electrons. The first kappa shape index (κ1) is 15.1. The Hall–Kier alpha value is -2.82. The van der Waals surface area contributed by atoms with Gasteiger partial charge in [0.2, 0.25) is 5.91 Å². The number of nitrogens with zero attached hydrogens (tertiary/aromatic N) is 1. The lowest BCUT2D eigenvalue weighted by Gasteiger charge is -2.16. The molecule has 5 heteroatoms. The van der Waals surface area contributed by atoms with E-state index in [1.807, 2.05) is 12.1 Å². The molecular formula is C18H18N2O3. The molecule has 2 aromatic rings. The lowest BCUT2D eigenvalue weighted by atomic mass is 10.1. The van der Waals surface area contributed by atoms with Gasteiger partial charge in [0.25, 0.3) is 5.91 Å². The summed E-state index contributed by atoms with van der Waals surface area (Å²) < 4.78 is 5.22. The summed E-state index contributed by atoms with van der Waals surface area (Å²) in [4.78, 5) is 25.8. The number of anilines is 2. The quantitative estimate of drug-likeness (QED) is 0.944. The third-order valence-corrected chi connectivity index (χ3v) is 3.87. The highest BCUT2D eigenvalue weighted by atomic mass is 16.5. The third-order valence-electron chi connectivity index (χ3n) is 3.87. The second kappa shape index (κ2) is 6.52. The summed E-state index contributed by atoms with van der Waals surface area (Å²) in [5.74, 6) is 0.533. The van der Waals surface area contributed by atoms with Gasteiger partial charge in [0.1, 0.15) is 5.75 Å². The summed E-state index contributed by atoms with van der Waals surface area (Å²) in [6.45, 7) is 0.742. The van der Waals surface area contributed by atoms with E-state index in [9.17, 15) is 9.59 Å². The predicted molar refractivity (Wildman–Crippen MR) is 89.0 cm³/mol. The number of methoxy groups -OCH3 is 1. The van der Waals surface area contributed by atoms with Gasteiger partial charge in [-0.2, -0.15) is 0 Å². The van der Waals surface area contributed by atoms with Crippen LogP contribution in [0.15, 0.2) is 48.5 Å². The molecular weight excluding hydrogens is 292 g/mol. The van der Waals surface area contributed by atoms with Crippen LogP contribution in [0.4, 0.5) is 11.4 Å². The zero-order chi connectivity index (χ0) is 16.2. The number of hydrogen-bond donors (Lipinski definition) is 1. The SMILES string of the molecule is COc1ccccc1NC(=O)c1ccc(N2CCCC2=O)cc1. The van der Waals surface area contributed by atoms with Crippen molar-refractivity contribution >= 4 is 23.2 Å². The van der Waals surface area contributed by atoms with Gasteiger partial charge in [-0.3, -0.25) is 9.59 Å². The molecule has 1 heterocycles. The lowest BCUT2D eigenvalue weighted by Crippen LogP contribution is -2.23. The van der Waals surface area contributed by atoms with Crippen molar-refractivity contribution in [2.45, 2.75) is 12.8 Å². The van der Waals surface area contributed by atoms with Crippen molar-refractivity contribution in [2.75, 3.05) is 23.9 Å². The minimum atomic E-state index is -0.214. The van der Waals surface area contributed by atoms with E-state index in [-0.39, 0.29) is 11.8 Å². The number of hydrogen-bond acceptors (Lipinski definition) is 3. The van der Waals surface area contributed by atoms with Gasteiger partial charge in [-0.15, -0.1) is 0 Å². The summed E-state index contributed by atoms with van der Waals surface area (Å²) in [6, 6.07) is 14.3. The molecule has 0 atom stereocenters. The molecule has 0 aromatic heterocycles. The molecule has 1 saturated heterocycles. The molecule has 0 saturated carbocycles. The van der Waals surface area contributed by atoms with Crippen molar-refractivity contribution in [1.29, 1.82) is 0 Å². The van der Waals surface area contributed by atoms with Gasteiger partial charge in [-0.1, -0.05) is 12.1 Å². The van der Waals surface area contributed by atoms with Gasteiger partial charge in [0, 0.05) is 24.2 Å². The Morgan fingerprint density at radius 2 is 1.87 bits per heavy atom. The van der Waals surface area contributed by atoms with Crippen LogP contribution in [0.5, 0.6) is 5.75 Å². The monoisotopic (exact) mass is 310 g/mol. The van der Waals surface area contributed by atoms with Crippen LogP contribution in [0, 0.1) is 0 Å². The second-order valence-corrected chi connectivity index (χ2v) is 5.35. The number of ether oxygens (including phenoxy) is 1. The number of amides is 2. The van der Waals surface area contributed by atoms with Crippen molar-refractivity contribution < 1.29 is 14.3 Å². The maximum Gasteiger partial charge on any atom is 0.255 e. The molecule has 0 bridgehead atoms. The highest BCUT2D eigenvalue weighted by Gasteiger charge is 2.21. The van der Waals surface area contributed by atoms with Crippen LogP contribution in [0.3, 0.4) is 0 Å². The van der Waals surface area contributed by atoms with E-state index in [2.05, 4.69) is 5.32 Å². The van der Waals surface area contributed by atoms with Crippen LogP contribution in [0.1, 0.15) is 23.2 Å². The number of carbonyl (C=O) groups is 2. The molecule has 1 fully saturated rings. The molecule has 2 aromatic carbocycles. The fraction of sp³-hybridized carbons (Fsp3) is 0.222. The maximum absolute atomic E-state index is 12.3. The molecule has 1 aliphatic heterocycles. The van der Waals surface area contributed by atoms with E-state index in [4.69, 9.17) is 4.74 Å². The summed E-state index contributed by atoms with van der Waals surface area (Å²) in [6.07, 6.45) is 1.48. The van der Waals surface area contributed by atoms with E-state index < -0.39 is 0 Å². The Bertz CT molecular complexity index is 725. The molecule has 0 spiro atoms. The summed E-state index contributed by atoms with van der Waals surface area (Å²) >= 11 is 0. The van der Waals surface area contributed by atoms with Crippen molar-refractivity contribution in [3.63, 3.8) is 0 Å². The van der Waals surface area contributed by atoms with Crippen molar-refractivity contribution in [3.8, 4) is 5.75 Å². The van der Waals surface area contributed by atoms with Crippen LogP contribution in [0.2, 0.25) is 0 Å². The number of para-hydroxylation sites is 2. The zero-order valence-electron chi connectivity index (χ0n) is 12.9. The fourth-order valence-corrected chi connectivity index (χ4v) is 2.66. The molecule has 1 N–H and O–H groups in total. The van der Waals surface area contributed by atoms with Crippen molar-refractivity contribution in [2.24, 2.45) is 0 Å². The molecule has 5 nitrogen and oxygen atoms in total. The van der Waals surface area contributed by atoms with Crippen LogP contribution in [-0.2, 0) is 4.79 Å². The average Bonchev–Trinajstić information content (AvgIpc) is 3.01. The van der Waals surface area contributed by atoms with Crippen molar-refractivity contribution in [3.05, 3.63) is 54.1 Å². The average molecular weight is 310 g/mol. The molecule has 0 radical (unpaired) electrons. The number of rotatable bonds is 4. The van der Waals surface area contributed by atoms with E-state index in [0.29, 0.717) is 23.4 Å². The topological polar surface area (TPSA) is 58.6 Å². The summed E-state index contributed by atoms with van der Waals surface area (Å²) in [7, 11) is 1.56. The van der Waals surface area contributed by atoms with Gasteiger partial charge in [-0.05, 0) is 42.8 Å². The Morgan fingerprint density at radius 1 is 1.13 bits per heavy atom. The third kappa shape index (κ3) is 3.18. The van der Waals surface area contributed by atoms with Crippen LogP contribution < -0.4 is 15.0 Å². The Labute approximate surface area is 134 Å². The van der Waals surface area contributed by atoms with E-state index in [1.54, 1.807) is 48.4 Å². The minimum absolute atomic E-state index is 0.135. The number of nitrogens with one attached hydrogen (secondary N) is 1. The van der Waals surface area contributed by atoms with Gasteiger partial charge in [0.05, 0.1) is 12.8 Å². The first-order valence-corrected chi connectivity index (χ1v) is 7.54. The lowest BCUT2D eigenvalue weighted by molar-refractivity contribution is -0.117. The standard InChI is InChI=1S/C18H18N2O3/c1-23-16-6-3-2-5-15(16)19-18(22)13-8-10-14(11-9-13)20-12-4-7-17(20)21/h2-3,5-6,8-11H,4,7,12H2,1H3,(H,19,22). The molecule has 3 rings (SSSR count). The Balaban J connectivity index is 1.74. The van der Waals surface area contributed by atoms with Gasteiger partial charge in [0.15, 0.2) is 0 Å². The number of benzene rings is 2. The van der Waals surface area contributed by atoms with Gasteiger partial charge >= 0.3 is 0 Å². The molecule has 23 heavy (non-hydrogen) atoms. The highest BCUT2D eigenvalue weighted by Crippen LogP contribution is 2.25. The van der Waals surface area contributed by atoms with Crippen molar-refractivity contribution in [1.82, 2.24) is 0 Å². The fourth-order valence-electron chi connectivity index (χ4n) is 2.66. The largest absolute Gasteiger partial charge is 0.495 e. The van der Waals surface area contributed by atoms with E-state index >= 15 is 0 Å². The van der Waals surface area contributed by atoms with Gasteiger partial charge in [-0.25, -0.2) is 0 Å². The Kier molecular flexibility index (Phi) is 4.28. The summed E-state index contributed by atoms with van der Waals surface area (Å²) in [5, 5.41) is 2.83. The predicted octanol–water partition coefficient (Wildman–Crippen LogP) is 3.07. The van der Waals surface area contributed by atoms with Crippen LogP contribution >= 0.6 is 0 Å². The normalized spacial score (nSPS) is 14.0. The van der Waals surface area contributed by atoms with E-state index in [0.717, 1.165) is 18.7 Å².